The van der Waals surface area contributed by atoms with Crippen LogP contribution in [0.15, 0.2) is 47.1 Å². The fourth-order valence-electron chi connectivity index (χ4n) is 4.26. The van der Waals surface area contributed by atoms with Crippen LogP contribution in [-0.4, -0.2) is 72.4 Å². The number of nitrogens with one attached hydrogen (secondary N) is 2. The van der Waals surface area contributed by atoms with Crippen molar-refractivity contribution in [1.29, 1.82) is 0 Å². The van der Waals surface area contributed by atoms with E-state index in [2.05, 4.69) is 48.1 Å². The number of benzene rings is 1. The zero-order valence-corrected chi connectivity index (χ0v) is 21.3. The molecular weight excluding hydrogens is 442 g/mol. The van der Waals surface area contributed by atoms with Gasteiger partial charge in [0.1, 0.15) is 0 Å². The smallest absolute Gasteiger partial charge is 0.225 e. The van der Waals surface area contributed by atoms with Gasteiger partial charge in [-0.25, -0.2) is 0 Å². The number of carbonyl (C=O) groups excluding carboxylic acids is 3. The Hall–Kier alpha value is -3.10. The highest BCUT2D eigenvalue weighted by molar-refractivity contribution is 6.23. The molecule has 3 rings (SSSR count). The molecule has 2 aliphatic rings. The highest BCUT2D eigenvalue weighted by atomic mass is 16.2. The van der Waals surface area contributed by atoms with E-state index in [9.17, 15) is 14.4 Å². The first-order valence-electron chi connectivity index (χ1n) is 12.6. The van der Waals surface area contributed by atoms with Crippen LogP contribution in [0.25, 0.3) is 0 Å². The van der Waals surface area contributed by atoms with Crippen molar-refractivity contribution in [2.45, 2.75) is 40.5 Å². The van der Waals surface area contributed by atoms with Crippen LogP contribution in [-0.2, 0) is 9.59 Å². The summed E-state index contributed by atoms with van der Waals surface area (Å²) in [4.78, 5) is 46.9. The molecule has 2 N–H and O–H groups in total. The number of fused-ring (bicyclic) bond motifs is 2. The molecule has 35 heavy (non-hydrogen) atoms. The molecular formula is C27H37N5O3. The Morgan fingerprint density at radius 3 is 2.11 bits per heavy atom. The van der Waals surface area contributed by atoms with Crippen LogP contribution < -0.4 is 10.6 Å². The highest BCUT2D eigenvalue weighted by Gasteiger charge is 2.31. The van der Waals surface area contributed by atoms with Crippen molar-refractivity contribution in [3.8, 4) is 0 Å². The molecule has 0 radical (unpaired) electrons. The third kappa shape index (κ3) is 6.96. The zero-order valence-electron chi connectivity index (χ0n) is 21.3. The summed E-state index contributed by atoms with van der Waals surface area (Å²) >= 11 is 0. The molecule has 1 aromatic carbocycles. The lowest BCUT2D eigenvalue weighted by Crippen LogP contribution is -2.32. The van der Waals surface area contributed by atoms with Crippen LogP contribution in [0.4, 0.5) is 11.4 Å². The van der Waals surface area contributed by atoms with Gasteiger partial charge in [0.25, 0.3) is 0 Å². The first kappa shape index (κ1) is 26.5. The second-order valence-corrected chi connectivity index (χ2v) is 8.72. The summed E-state index contributed by atoms with van der Waals surface area (Å²) in [6.07, 6.45) is 6.12. The van der Waals surface area contributed by atoms with E-state index < -0.39 is 5.92 Å². The number of hydrogen-bond acceptors (Lipinski definition) is 6. The van der Waals surface area contributed by atoms with Crippen molar-refractivity contribution in [2.24, 2.45) is 10.9 Å². The Bertz CT molecular complexity index is 1040. The number of carbonyl (C=O) groups is 3. The van der Waals surface area contributed by atoms with Crippen LogP contribution in [0.3, 0.4) is 0 Å². The first-order chi connectivity index (χ1) is 16.9. The Morgan fingerprint density at radius 1 is 0.914 bits per heavy atom. The fourth-order valence-corrected chi connectivity index (χ4v) is 4.26. The van der Waals surface area contributed by atoms with Crippen molar-refractivity contribution in [3.05, 3.63) is 47.7 Å². The Balaban J connectivity index is 1.68. The number of rotatable bonds is 12. The van der Waals surface area contributed by atoms with Crippen molar-refractivity contribution in [3.63, 3.8) is 0 Å². The molecule has 1 aliphatic carbocycles. The van der Waals surface area contributed by atoms with E-state index in [1.54, 1.807) is 36.4 Å². The minimum absolute atomic E-state index is 0.0381. The number of aliphatic imine (C=N–C) groups is 1. The number of nitrogens with zero attached hydrogens (tertiary/aromatic N) is 3. The average Bonchev–Trinajstić information content (AvgIpc) is 2.85. The van der Waals surface area contributed by atoms with Crippen molar-refractivity contribution in [1.82, 2.24) is 15.1 Å². The molecule has 0 spiro atoms. The molecule has 1 aliphatic heterocycles. The third-order valence-electron chi connectivity index (χ3n) is 6.55. The van der Waals surface area contributed by atoms with Crippen LogP contribution in [0.1, 0.15) is 50.9 Å². The topological polar surface area (TPSA) is 94.1 Å². The van der Waals surface area contributed by atoms with E-state index in [0.29, 0.717) is 54.3 Å². The van der Waals surface area contributed by atoms with Gasteiger partial charge in [0.05, 0.1) is 17.3 Å². The van der Waals surface area contributed by atoms with Gasteiger partial charge in [0.15, 0.2) is 5.78 Å². The molecule has 1 aromatic rings. The lowest BCUT2D eigenvalue weighted by molar-refractivity contribution is -0.120. The van der Waals surface area contributed by atoms with Crippen LogP contribution in [0.5, 0.6) is 0 Å². The van der Waals surface area contributed by atoms with Crippen molar-refractivity contribution >= 4 is 34.7 Å². The molecule has 0 fully saturated rings. The maximum absolute atomic E-state index is 13.1. The lowest BCUT2D eigenvalue weighted by Gasteiger charge is -2.24. The second-order valence-electron chi connectivity index (χ2n) is 8.72. The first-order valence-corrected chi connectivity index (χ1v) is 12.6. The van der Waals surface area contributed by atoms with Gasteiger partial charge in [0, 0.05) is 42.9 Å². The van der Waals surface area contributed by atoms with Crippen LogP contribution in [0, 0.1) is 5.92 Å². The molecule has 0 saturated heterocycles. The minimum atomic E-state index is -0.465. The van der Waals surface area contributed by atoms with Crippen molar-refractivity contribution in [2.75, 3.05) is 44.6 Å². The number of Topliss-reactive ketones (excluding diaryl/α,β-unsaturated/α-hetero) is 1. The number of amides is 2. The summed E-state index contributed by atoms with van der Waals surface area (Å²) in [6, 6.07) is 5.21. The van der Waals surface area contributed by atoms with Gasteiger partial charge in [0.2, 0.25) is 11.8 Å². The molecule has 1 atom stereocenters. The fraction of sp³-hybridized carbons (Fsp3) is 0.481. The number of hydrogen-bond donors (Lipinski definition) is 2. The van der Waals surface area contributed by atoms with Gasteiger partial charge in [-0.1, -0.05) is 33.8 Å². The summed E-state index contributed by atoms with van der Waals surface area (Å²) < 4.78 is 0. The second kappa shape index (κ2) is 12.6. The maximum Gasteiger partial charge on any atom is 0.225 e. The Kier molecular flexibility index (Phi) is 9.51. The number of allylic oxidation sites excluding steroid dienone is 3. The highest BCUT2D eigenvalue weighted by Crippen LogP contribution is 2.33. The maximum atomic E-state index is 13.1. The van der Waals surface area contributed by atoms with E-state index >= 15 is 0 Å². The molecule has 8 heteroatoms. The largest absolute Gasteiger partial charge is 0.326 e. The van der Waals surface area contributed by atoms with E-state index in [-0.39, 0.29) is 17.6 Å². The summed E-state index contributed by atoms with van der Waals surface area (Å²) in [5.41, 5.74) is 2.89. The van der Waals surface area contributed by atoms with E-state index in [1.807, 2.05) is 0 Å². The van der Waals surface area contributed by atoms with Gasteiger partial charge in [-0.05, 0) is 56.5 Å². The summed E-state index contributed by atoms with van der Waals surface area (Å²) in [7, 11) is 0. The molecule has 0 saturated carbocycles. The minimum Gasteiger partial charge on any atom is -0.326 e. The molecule has 1 heterocycles. The summed E-state index contributed by atoms with van der Waals surface area (Å²) in [6.45, 7) is 13.3. The van der Waals surface area contributed by atoms with Gasteiger partial charge in [-0.3, -0.25) is 19.4 Å². The monoisotopic (exact) mass is 479 g/mol. The van der Waals surface area contributed by atoms with Gasteiger partial charge >= 0.3 is 0 Å². The molecule has 0 aromatic heterocycles. The van der Waals surface area contributed by atoms with Gasteiger partial charge in [-0.2, -0.15) is 0 Å². The average molecular weight is 480 g/mol. The molecule has 188 valence electrons. The van der Waals surface area contributed by atoms with Crippen LogP contribution in [0.2, 0.25) is 0 Å². The quantitative estimate of drug-likeness (QED) is 0.478. The number of ketones is 1. The molecule has 2 amide bonds. The van der Waals surface area contributed by atoms with E-state index in [4.69, 9.17) is 4.99 Å². The van der Waals surface area contributed by atoms with Crippen molar-refractivity contribution < 1.29 is 14.4 Å². The SMILES string of the molecule is CCN(CC)CCC(=O)NC1=CC2=Nc3cc(NC(=O)CCN(CC)CC)ccc3C(=O)C2C=C1. The Morgan fingerprint density at radius 2 is 1.51 bits per heavy atom. The van der Waals surface area contributed by atoms with E-state index in [0.717, 1.165) is 26.2 Å². The van der Waals surface area contributed by atoms with Gasteiger partial charge in [-0.15, -0.1) is 0 Å². The third-order valence-corrected chi connectivity index (χ3v) is 6.55. The van der Waals surface area contributed by atoms with Gasteiger partial charge < -0.3 is 20.4 Å². The van der Waals surface area contributed by atoms with Crippen LogP contribution >= 0.6 is 0 Å². The standard InChI is InChI=1S/C27H37N5O3/c1-5-31(6-2)15-13-25(33)28-19-9-11-21-23(17-19)30-24-18-20(10-12-22(24)27(21)35)29-26(34)14-16-32(7-3)8-4/h9-12,17-18,21H,5-8,13-16H2,1-4H3,(H,28,33)(H,29,34). The summed E-state index contributed by atoms with van der Waals surface area (Å²) in [5.74, 6) is -0.638. The predicted molar refractivity (Wildman–Crippen MR) is 140 cm³/mol. The summed E-state index contributed by atoms with van der Waals surface area (Å²) in [5, 5.41) is 5.83. The predicted octanol–water partition coefficient (Wildman–Crippen LogP) is 3.54. The Labute approximate surface area is 208 Å². The molecule has 1 unspecified atom stereocenters. The zero-order chi connectivity index (χ0) is 25.4. The lowest BCUT2D eigenvalue weighted by atomic mass is 9.86. The molecule has 8 nitrogen and oxygen atoms in total. The molecule has 0 bridgehead atoms. The number of anilines is 1. The van der Waals surface area contributed by atoms with E-state index in [1.165, 1.54) is 0 Å². The normalized spacial score (nSPS) is 16.5.